The van der Waals surface area contributed by atoms with Crippen LogP contribution in [0, 0.1) is 6.92 Å². The zero-order valence-corrected chi connectivity index (χ0v) is 11.9. The van der Waals surface area contributed by atoms with Gasteiger partial charge in [0.15, 0.2) is 0 Å². The lowest BCUT2D eigenvalue weighted by Gasteiger charge is -2.09. The van der Waals surface area contributed by atoms with E-state index in [0.717, 1.165) is 5.56 Å². The smallest absolute Gasteiger partial charge is 0.273 e. The van der Waals surface area contributed by atoms with Crippen LogP contribution in [-0.4, -0.2) is 16.9 Å². The summed E-state index contributed by atoms with van der Waals surface area (Å²) in [5, 5.41) is 9.90. The van der Waals surface area contributed by atoms with Gasteiger partial charge >= 0.3 is 0 Å². The predicted octanol–water partition coefficient (Wildman–Crippen LogP) is 2.43. The molecule has 2 aromatic rings. The van der Waals surface area contributed by atoms with Crippen LogP contribution in [0.5, 0.6) is 5.75 Å². The summed E-state index contributed by atoms with van der Waals surface area (Å²) in [6.45, 7) is 1.86. The maximum Gasteiger partial charge on any atom is 0.273 e. The SMILES string of the molecule is Cc1cccc(C(=O)NNC(=O)c2cc(Cl)ccc2O)c1. The van der Waals surface area contributed by atoms with Crippen molar-refractivity contribution in [3.05, 3.63) is 64.2 Å². The topological polar surface area (TPSA) is 78.4 Å². The number of carbonyl (C=O) groups excluding carboxylic acids is 2. The summed E-state index contributed by atoms with van der Waals surface area (Å²) in [5.74, 6) is -1.33. The molecule has 2 aromatic carbocycles. The largest absolute Gasteiger partial charge is 0.507 e. The maximum absolute atomic E-state index is 11.9. The molecule has 0 atom stereocenters. The molecule has 2 rings (SSSR count). The van der Waals surface area contributed by atoms with Crippen molar-refractivity contribution in [1.29, 1.82) is 0 Å². The minimum absolute atomic E-state index is 0.0213. The molecule has 0 fully saturated rings. The lowest BCUT2D eigenvalue weighted by atomic mass is 10.1. The van der Waals surface area contributed by atoms with Crippen LogP contribution in [0.4, 0.5) is 0 Å². The number of aromatic hydroxyl groups is 1. The molecule has 0 aliphatic heterocycles. The number of amides is 2. The summed E-state index contributed by atoms with van der Waals surface area (Å²) in [6.07, 6.45) is 0. The summed E-state index contributed by atoms with van der Waals surface area (Å²) < 4.78 is 0. The highest BCUT2D eigenvalue weighted by atomic mass is 35.5. The van der Waals surface area contributed by atoms with Crippen molar-refractivity contribution in [2.45, 2.75) is 6.92 Å². The molecule has 6 heteroatoms. The van der Waals surface area contributed by atoms with E-state index in [2.05, 4.69) is 10.9 Å². The van der Waals surface area contributed by atoms with E-state index in [4.69, 9.17) is 11.6 Å². The van der Waals surface area contributed by atoms with Gasteiger partial charge in [0.25, 0.3) is 11.8 Å². The second-order valence-electron chi connectivity index (χ2n) is 4.44. The number of halogens is 1. The van der Waals surface area contributed by atoms with Crippen LogP contribution in [0.25, 0.3) is 0 Å². The molecule has 21 heavy (non-hydrogen) atoms. The van der Waals surface area contributed by atoms with Crippen molar-refractivity contribution in [2.24, 2.45) is 0 Å². The van der Waals surface area contributed by atoms with Gasteiger partial charge in [-0.3, -0.25) is 20.4 Å². The average molecular weight is 305 g/mol. The number of rotatable bonds is 2. The molecule has 0 bridgehead atoms. The Morgan fingerprint density at radius 1 is 1.05 bits per heavy atom. The van der Waals surface area contributed by atoms with E-state index in [0.29, 0.717) is 10.6 Å². The van der Waals surface area contributed by atoms with Gasteiger partial charge in [0.1, 0.15) is 5.75 Å². The quantitative estimate of drug-likeness (QED) is 0.746. The number of phenols is 1. The fourth-order valence-corrected chi connectivity index (χ4v) is 1.90. The Balaban J connectivity index is 2.04. The van der Waals surface area contributed by atoms with Crippen LogP contribution in [0.2, 0.25) is 5.02 Å². The summed E-state index contributed by atoms with van der Waals surface area (Å²) in [4.78, 5) is 23.7. The average Bonchev–Trinajstić information content (AvgIpc) is 2.47. The number of aryl methyl sites for hydroxylation is 1. The van der Waals surface area contributed by atoms with Gasteiger partial charge in [-0.2, -0.15) is 0 Å². The number of hydrogen-bond donors (Lipinski definition) is 3. The molecule has 0 aliphatic carbocycles. The van der Waals surface area contributed by atoms with E-state index >= 15 is 0 Å². The third-order valence-corrected chi connectivity index (χ3v) is 3.01. The van der Waals surface area contributed by atoms with Crippen LogP contribution in [0.1, 0.15) is 26.3 Å². The van der Waals surface area contributed by atoms with E-state index < -0.39 is 11.8 Å². The Bertz CT molecular complexity index is 701. The third-order valence-electron chi connectivity index (χ3n) is 2.77. The first-order chi connectivity index (χ1) is 9.97. The van der Waals surface area contributed by atoms with Gasteiger partial charge in [0, 0.05) is 10.6 Å². The van der Waals surface area contributed by atoms with E-state index in [9.17, 15) is 14.7 Å². The fraction of sp³-hybridized carbons (Fsp3) is 0.0667. The van der Waals surface area contributed by atoms with Crippen molar-refractivity contribution in [2.75, 3.05) is 0 Å². The van der Waals surface area contributed by atoms with Crippen molar-refractivity contribution < 1.29 is 14.7 Å². The van der Waals surface area contributed by atoms with Crippen molar-refractivity contribution in [3.8, 4) is 5.75 Å². The highest BCUT2D eigenvalue weighted by Crippen LogP contribution is 2.20. The molecule has 3 N–H and O–H groups in total. The lowest BCUT2D eigenvalue weighted by molar-refractivity contribution is 0.0845. The maximum atomic E-state index is 11.9. The zero-order valence-electron chi connectivity index (χ0n) is 11.2. The molecule has 0 radical (unpaired) electrons. The van der Waals surface area contributed by atoms with E-state index in [1.807, 2.05) is 13.0 Å². The van der Waals surface area contributed by atoms with Crippen LogP contribution in [-0.2, 0) is 0 Å². The zero-order chi connectivity index (χ0) is 15.4. The van der Waals surface area contributed by atoms with Gasteiger partial charge in [0.2, 0.25) is 0 Å². The van der Waals surface area contributed by atoms with E-state index in [1.54, 1.807) is 18.2 Å². The number of benzene rings is 2. The second-order valence-corrected chi connectivity index (χ2v) is 4.88. The molecule has 0 aromatic heterocycles. The van der Waals surface area contributed by atoms with Crippen LogP contribution < -0.4 is 10.9 Å². The Hall–Kier alpha value is -2.53. The number of carbonyl (C=O) groups is 2. The molecule has 0 saturated carbocycles. The molecule has 2 amide bonds. The summed E-state index contributed by atoms with van der Waals surface area (Å²) >= 11 is 5.76. The monoisotopic (exact) mass is 304 g/mol. The summed E-state index contributed by atoms with van der Waals surface area (Å²) in [5.41, 5.74) is 5.84. The predicted molar refractivity (Wildman–Crippen MR) is 79.2 cm³/mol. The van der Waals surface area contributed by atoms with Gasteiger partial charge in [-0.25, -0.2) is 0 Å². The van der Waals surface area contributed by atoms with Gasteiger partial charge < -0.3 is 5.11 Å². The molecular formula is C15H13ClN2O3. The minimum Gasteiger partial charge on any atom is -0.507 e. The Labute approximate surface area is 126 Å². The number of nitrogens with one attached hydrogen (secondary N) is 2. The van der Waals surface area contributed by atoms with Gasteiger partial charge in [-0.15, -0.1) is 0 Å². The van der Waals surface area contributed by atoms with Crippen LogP contribution in [0.3, 0.4) is 0 Å². The van der Waals surface area contributed by atoms with Crippen molar-refractivity contribution in [3.63, 3.8) is 0 Å². The lowest BCUT2D eigenvalue weighted by Crippen LogP contribution is -2.41. The summed E-state index contributed by atoms with van der Waals surface area (Å²) in [6, 6.07) is 11.0. The molecule has 0 spiro atoms. The molecular weight excluding hydrogens is 292 g/mol. The number of hydrazine groups is 1. The first-order valence-electron chi connectivity index (χ1n) is 6.13. The number of phenolic OH excluding ortho intramolecular Hbond substituents is 1. The Morgan fingerprint density at radius 2 is 1.76 bits per heavy atom. The molecule has 0 aliphatic rings. The number of hydrogen-bond acceptors (Lipinski definition) is 3. The molecule has 108 valence electrons. The summed E-state index contributed by atoms with van der Waals surface area (Å²) in [7, 11) is 0. The molecule has 0 heterocycles. The van der Waals surface area contributed by atoms with Crippen molar-refractivity contribution >= 4 is 23.4 Å². The molecule has 5 nitrogen and oxygen atoms in total. The molecule has 0 unspecified atom stereocenters. The second kappa shape index (κ2) is 6.28. The normalized spacial score (nSPS) is 10.0. The Morgan fingerprint density at radius 3 is 2.48 bits per heavy atom. The van der Waals surface area contributed by atoms with Crippen LogP contribution >= 0.6 is 11.6 Å². The highest BCUT2D eigenvalue weighted by Gasteiger charge is 2.13. The fourth-order valence-electron chi connectivity index (χ4n) is 1.73. The standard InChI is InChI=1S/C15H13ClN2O3/c1-9-3-2-4-10(7-9)14(20)17-18-15(21)12-8-11(16)5-6-13(12)19/h2-8,19H,1H3,(H,17,20)(H,18,21). The first kappa shape index (κ1) is 14.9. The highest BCUT2D eigenvalue weighted by molar-refractivity contribution is 6.31. The van der Waals surface area contributed by atoms with Crippen molar-refractivity contribution in [1.82, 2.24) is 10.9 Å². The third kappa shape index (κ3) is 3.73. The minimum atomic E-state index is -0.656. The van der Waals surface area contributed by atoms with Gasteiger partial charge in [0.05, 0.1) is 5.56 Å². The van der Waals surface area contributed by atoms with E-state index in [1.165, 1.54) is 18.2 Å². The van der Waals surface area contributed by atoms with Crippen LogP contribution in [0.15, 0.2) is 42.5 Å². The molecule has 0 saturated heterocycles. The first-order valence-corrected chi connectivity index (χ1v) is 6.51. The van der Waals surface area contributed by atoms with Gasteiger partial charge in [-0.1, -0.05) is 29.3 Å². The Kier molecular flexibility index (Phi) is 4.45. The van der Waals surface area contributed by atoms with Gasteiger partial charge in [-0.05, 0) is 37.3 Å². The van der Waals surface area contributed by atoms with E-state index in [-0.39, 0.29) is 11.3 Å².